The number of unbranched alkanes of at least 4 members (excludes halogenated alkanes) is 22. The summed E-state index contributed by atoms with van der Waals surface area (Å²) in [6, 6.07) is 0. The molecule has 59 heavy (non-hydrogen) atoms. The van der Waals surface area contributed by atoms with E-state index in [9.17, 15) is 44.6 Å². The van der Waals surface area contributed by atoms with Gasteiger partial charge in [0.15, 0.2) is 6.10 Å². The maximum absolute atomic E-state index is 12.8. The highest BCUT2D eigenvalue weighted by Gasteiger charge is 2.51. The number of hydrogen-bond donors (Lipinski definition) is 6. The molecule has 1 aliphatic carbocycles. The summed E-state index contributed by atoms with van der Waals surface area (Å²) < 4.78 is 33.3. The van der Waals surface area contributed by atoms with Gasteiger partial charge in [-0.3, -0.25) is 13.8 Å². The van der Waals surface area contributed by atoms with Gasteiger partial charge in [0.05, 0.1) is 6.61 Å². The minimum atomic E-state index is -5.13. The Morgan fingerprint density at radius 2 is 1.00 bits per heavy atom. The zero-order valence-corrected chi connectivity index (χ0v) is 37.2. The second kappa shape index (κ2) is 35.6. The molecule has 8 atom stereocenters. The van der Waals surface area contributed by atoms with Crippen molar-refractivity contribution in [2.24, 2.45) is 0 Å². The topological polar surface area (TPSA) is 210 Å². The van der Waals surface area contributed by atoms with Crippen molar-refractivity contribution in [3.63, 3.8) is 0 Å². The SMILES string of the molecule is CCCC/C=C/CCCCCCCCCCCC(=O)O[C@H](COC(=O)/C=C/C=C/CCCCCCCCCCCCC)COP(=O)(O)OC1C(O)C(O)C(O)[C@@H](O)C1O. The Balaban J connectivity index is 2.51. The number of rotatable bonds is 37. The van der Waals surface area contributed by atoms with Crippen LogP contribution < -0.4 is 0 Å². The van der Waals surface area contributed by atoms with E-state index in [0.29, 0.717) is 6.42 Å². The van der Waals surface area contributed by atoms with Crippen molar-refractivity contribution < 1.29 is 63.1 Å². The lowest BCUT2D eigenvalue weighted by Gasteiger charge is -2.41. The highest BCUT2D eigenvalue weighted by Crippen LogP contribution is 2.47. The van der Waals surface area contributed by atoms with Crippen LogP contribution in [0.1, 0.15) is 181 Å². The van der Waals surface area contributed by atoms with Crippen LogP contribution in [0.3, 0.4) is 0 Å². The molecule has 6 unspecified atom stereocenters. The fourth-order valence-electron chi connectivity index (χ4n) is 6.83. The van der Waals surface area contributed by atoms with Gasteiger partial charge in [0.25, 0.3) is 0 Å². The Morgan fingerprint density at radius 3 is 1.53 bits per heavy atom. The molecular weight excluding hydrogens is 779 g/mol. The number of carbonyl (C=O) groups is 2. The molecule has 14 heteroatoms. The summed E-state index contributed by atoms with van der Waals surface area (Å²) in [5.74, 6) is -1.35. The lowest BCUT2D eigenvalue weighted by atomic mass is 9.85. The maximum atomic E-state index is 12.8. The second-order valence-corrected chi connectivity index (χ2v) is 17.4. The first-order chi connectivity index (χ1) is 28.4. The molecular formula is C45H81O13P. The number of phosphoric ester groups is 1. The van der Waals surface area contributed by atoms with Gasteiger partial charge >= 0.3 is 19.8 Å². The summed E-state index contributed by atoms with van der Waals surface area (Å²) in [5, 5.41) is 50.1. The summed E-state index contributed by atoms with van der Waals surface area (Å²) in [4.78, 5) is 35.5. The molecule has 0 spiro atoms. The van der Waals surface area contributed by atoms with Gasteiger partial charge in [-0.05, 0) is 38.5 Å². The minimum Gasteiger partial charge on any atom is -0.458 e. The number of phosphoric acid groups is 1. The van der Waals surface area contributed by atoms with Crippen LogP contribution in [0.4, 0.5) is 0 Å². The fourth-order valence-corrected chi connectivity index (χ4v) is 7.80. The Hall–Kier alpha value is -1.93. The number of aliphatic hydroxyl groups excluding tert-OH is 5. The van der Waals surface area contributed by atoms with Crippen molar-refractivity contribution in [3.8, 4) is 0 Å². The molecule has 0 saturated heterocycles. The first-order valence-corrected chi connectivity index (χ1v) is 24.3. The van der Waals surface area contributed by atoms with Crippen molar-refractivity contribution >= 4 is 19.8 Å². The van der Waals surface area contributed by atoms with Crippen LogP contribution in [0.5, 0.6) is 0 Å². The molecule has 0 aromatic rings. The van der Waals surface area contributed by atoms with Gasteiger partial charge in [-0.1, -0.05) is 166 Å². The van der Waals surface area contributed by atoms with Gasteiger partial charge in [-0.2, -0.15) is 0 Å². The summed E-state index contributed by atoms with van der Waals surface area (Å²) in [6.07, 6.45) is 26.9. The molecule has 344 valence electrons. The van der Waals surface area contributed by atoms with E-state index in [1.165, 1.54) is 109 Å². The van der Waals surface area contributed by atoms with Crippen molar-refractivity contribution in [3.05, 3.63) is 36.5 Å². The molecule has 1 aliphatic rings. The molecule has 6 N–H and O–H groups in total. The molecule has 1 fully saturated rings. The van der Waals surface area contributed by atoms with Crippen LogP contribution in [0.25, 0.3) is 0 Å². The smallest absolute Gasteiger partial charge is 0.458 e. The lowest BCUT2D eigenvalue weighted by Crippen LogP contribution is -2.64. The van der Waals surface area contributed by atoms with Crippen LogP contribution in [-0.2, 0) is 32.7 Å². The van der Waals surface area contributed by atoms with Crippen molar-refractivity contribution in [2.75, 3.05) is 13.2 Å². The summed E-state index contributed by atoms with van der Waals surface area (Å²) in [6.45, 7) is 3.16. The monoisotopic (exact) mass is 861 g/mol. The van der Waals surface area contributed by atoms with E-state index in [0.717, 1.165) is 51.4 Å². The average molecular weight is 861 g/mol. The van der Waals surface area contributed by atoms with Gasteiger partial charge in [0.2, 0.25) is 0 Å². The summed E-state index contributed by atoms with van der Waals surface area (Å²) >= 11 is 0. The van der Waals surface area contributed by atoms with E-state index < -0.39 is 75.7 Å². The van der Waals surface area contributed by atoms with E-state index >= 15 is 0 Å². The van der Waals surface area contributed by atoms with Gasteiger partial charge in [0, 0.05) is 12.5 Å². The number of ether oxygens (including phenoxy) is 2. The highest BCUT2D eigenvalue weighted by atomic mass is 31.2. The van der Waals surface area contributed by atoms with E-state index in [2.05, 4.69) is 26.0 Å². The van der Waals surface area contributed by atoms with Gasteiger partial charge in [-0.15, -0.1) is 0 Å². The Bertz CT molecular complexity index is 1180. The van der Waals surface area contributed by atoms with Crippen LogP contribution in [0, 0.1) is 0 Å². The highest BCUT2D eigenvalue weighted by molar-refractivity contribution is 7.47. The Morgan fingerprint density at radius 1 is 0.559 bits per heavy atom. The molecule has 0 bridgehead atoms. The normalized spacial score (nSPS) is 22.6. The van der Waals surface area contributed by atoms with Crippen LogP contribution in [0.2, 0.25) is 0 Å². The third kappa shape index (κ3) is 28.3. The predicted octanol–water partition coefficient (Wildman–Crippen LogP) is 8.61. The zero-order valence-electron chi connectivity index (χ0n) is 36.3. The Labute approximate surface area is 355 Å². The molecule has 1 saturated carbocycles. The number of hydrogen-bond acceptors (Lipinski definition) is 12. The Kier molecular flexibility index (Phi) is 33.3. The predicted molar refractivity (Wildman–Crippen MR) is 230 cm³/mol. The quantitative estimate of drug-likeness (QED) is 0.00864. The average Bonchev–Trinajstić information content (AvgIpc) is 3.21. The summed E-state index contributed by atoms with van der Waals surface area (Å²) in [7, 11) is -5.13. The molecule has 0 aliphatic heterocycles. The molecule has 0 aromatic carbocycles. The molecule has 0 aromatic heterocycles. The van der Waals surface area contributed by atoms with E-state index in [4.69, 9.17) is 18.5 Å². The van der Waals surface area contributed by atoms with Gasteiger partial charge in [-0.25, -0.2) is 9.36 Å². The van der Waals surface area contributed by atoms with Gasteiger partial charge in [0.1, 0.15) is 43.2 Å². The number of allylic oxidation sites excluding steroid dienone is 5. The number of esters is 2. The van der Waals surface area contributed by atoms with Crippen LogP contribution in [-0.4, -0.2) is 98.3 Å². The first kappa shape index (κ1) is 55.1. The number of aliphatic hydroxyl groups is 5. The summed E-state index contributed by atoms with van der Waals surface area (Å²) in [5.41, 5.74) is 0. The largest absolute Gasteiger partial charge is 0.472 e. The van der Waals surface area contributed by atoms with E-state index in [1.54, 1.807) is 12.2 Å². The van der Waals surface area contributed by atoms with Crippen LogP contribution >= 0.6 is 7.82 Å². The standard InChI is InChI=1S/C45H81O13P/c1-3-5-7-9-11-13-15-17-19-21-23-25-27-29-31-33-38(46)55-35-37(36-56-59(53,54)58-45-43(51)41(49)40(48)42(50)44(45)52)57-39(47)34-32-30-28-26-24-22-20-18-16-14-12-10-8-6-4-2/h10,12,27,29,31,33,37,40-45,48-52H,3-9,11,13-26,28,30,32,34-36H2,1-2H3,(H,53,54)/b12-10+,29-27+,33-31+/t37-,40?,41-,42?,43?,44?,45?/m1/s1. The third-order valence-electron chi connectivity index (χ3n) is 10.6. The lowest BCUT2D eigenvalue weighted by molar-refractivity contribution is -0.220. The third-order valence-corrected chi connectivity index (χ3v) is 11.5. The fraction of sp³-hybridized carbons (Fsp3) is 0.822. The molecule has 0 heterocycles. The maximum Gasteiger partial charge on any atom is 0.472 e. The number of carbonyl (C=O) groups excluding carboxylic acids is 2. The molecule has 1 rings (SSSR count). The molecule has 13 nitrogen and oxygen atoms in total. The second-order valence-electron chi connectivity index (χ2n) is 16.0. The van der Waals surface area contributed by atoms with Crippen molar-refractivity contribution in [2.45, 2.75) is 224 Å². The molecule has 0 radical (unpaired) electrons. The van der Waals surface area contributed by atoms with E-state index in [-0.39, 0.29) is 6.42 Å². The first-order valence-electron chi connectivity index (χ1n) is 22.8. The minimum absolute atomic E-state index is 0.0753. The zero-order chi connectivity index (χ0) is 43.6. The van der Waals surface area contributed by atoms with Gasteiger partial charge < -0.3 is 39.9 Å². The van der Waals surface area contributed by atoms with E-state index in [1.807, 2.05) is 6.08 Å². The van der Waals surface area contributed by atoms with Crippen LogP contribution in [0.15, 0.2) is 36.5 Å². The van der Waals surface area contributed by atoms with Crippen molar-refractivity contribution in [1.29, 1.82) is 0 Å². The molecule has 0 amide bonds. The van der Waals surface area contributed by atoms with Crippen molar-refractivity contribution in [1.82, 2.24) is 0 Å².